The Balaban J connectivity index is 1.10. The van der Waals surface area contributed by atoms with E-state index >= 15 is 0 Å². The highest BCUT2D eigenvalue weighted by Crippen LogP contribution is 2.39. The SMILES string of the molecule is c1ccc(-c2cc(-c3ccc(-c4ccccc4-c4cccc(-c5cc6ccccc6c6ccccc56)c4)cc3)cc(-c3ccccn3)n2)nc1. The largest absolute Gasteiger partial charge is 0.255 e. The summed E-state index contributed by atoms with van der Waals surface area (Å²) >= 11 is 0. The lowest BCUT2D eigenvalue weighted by Gasteiger charge is -2.14. The number of rotatable bonds is 6. The Morgan fingerprint density at radius 1 is 0.280 bits per heavy atom. The average molecular weight is 638 g/mol. The molecule has 0 aliphatic carbocycles. The summed E-state index contributed by atoms with van der Waals surface area (Å²) in [4.78, 5) is 14.1. The fourth-order valence-corrected chi connectivity index (χ4v) is 6.96. The molecule has 0 saturated heterocycles. The zero-order valence-electron chi connectivity index (χ0n) is 27.2. The number of benzene rings is 6. The third-order valence-electron chi connectivity index (χ3n) is 9.39. The fraction of sp³-hybridized carbons (Fsp3) is 0. The Labute approximate surface area is 291 Å². The fourth-order valence-electron chi connectivity index (χ4n) is 6.96. The van der Waals surface area contributed by atoms with Crippen LogP contribution < -0.4 is 0 Å². The summed E-state index contributed by atoms with van der Waals surface area (Å²) < 4.78 is 0. The maximum Gasteiger partial charge on any atom is 0.0900 e. The van der Waals surface area contributed by atoms with Crippen LogP contribution in [0.5, 0.6) is 0 Å². The van der Waals surface area contributed by atoms with Crippen LogP contribution in [0.1, 0.15) is 0 Å². The molecule has 0 fully saturated rings. The van der Waals surface area contributed by atoms with E-state index in [1.54, 1.807) is 12.4 Å². The van der Waals surface area contributed by atoms with Crippen molar-refractivity contribution in [2.24, 2.45) is 0 Å². The summed E-state index contributed by atoms with van der Waals surface area (Å²) in [5.41, 5.74) is 12.7. The van der Waals surface area contributed by atoms with E-state index in [1.165, 1.54) is 49.4 Å². The molecule has 0 spiro atoms. The van der Waals surface area contributed by atoms with E-state index in [4.69, 9.17) is 4.98 Å². The van der Waals surface area contributed by atoms with Gasteiger partial charge in [-0.1, -0.05) is 127 Å². The molecule has 0 saturated carbocycles. The van der Waals surface area contributed by atoms with Crippen LogP contribution in [0.3, 0.4) is 0 Å². The zero-order chi connectivity index (χ0) is 33.3. The maximum absolute atomic E-state index is 4.95. The van der Waals surface area contributed by atoms with E-state index in [1.807, 2.05) is 36.4 Å². The van der Waals surface area contributed by atoms with Crippen LogP contribution in [-0.4, -0.2) is 15.0 Å². The van der Waals surface area contributed by atoms with Gasteiger partial charge in [-0.3, -0.25) is 9.97 Å². The van der Waals surface area contributed by atoms with Crippen molar-refractivity contribution in [1.82, 2.24) is 15.0 Å². The minimum Gasteiger partial charge on any atom is -0.255 e. The molecule has 0 radical (unpaired) electrons. The highest BCUT2D eigenvalue weighted by atomic mass is 14.8. The van der Waals surface area contributed by atoms with Crippen LogP contribution in [0.2, 0.25) is 0 Å². The molecule has 6 aromatic carbocycles. The molecule has 3 heterocycles. The molecule has 0 bridgehead atoms. The van der Waals surface area contributed by atoms with Gasteiger partial charge in [0.1, 0.15) is 0 Å². The molecule has 3 heteroatoms. The van der Waals surface area contributed by atoms with Crippen molar-refractivity contribution in [3.63, 3.8) is 0 Å². The lowest BCUT2D eigenvalue weighted by molar-refractivity contribution is 1.22. The maximum atomic E-state index is 4.95. The Kier molecular flexibility index (Phi) is 7.49. The van der Waals surface area contributed by atoms with Gasteiger partial charge in [-0.2, -0.15) is 0 Å². The normalized spacial score (nSPS) is 11.2. The van der Waals surface area contributed by atoms with Gasteiger partial charge in [-0.15, -0.1) is 0 Å². The molecule has 0 aliphatic rings. The van der Waals surface area contributed by atoms with Gasteiger partial charge in [0.25, 0.3) is 0 Å². The van der Waals surface area contributed by atoms with E-state index < -0.39 is 0 Å². The third kappa shape index (κ3) is 5.51. The van der Waals surface area contributed by atoms with Gasteiger partial charge >= 0.3 is 0 Å². The second kappa shape index (κ2) is 12.7. The Hall–Kier alpha value is -6.71. The summed E-state index contributed by atoms with van der Waals surface area (Å²) in [6, 6.07) is 62.2. The van der Waals surface area contributed by atoms with Gasteiger partial charge in [0.05, 0.1) is 22.8 Å². The molecule has 50 heavy (non-hydrogen) atoms. The number of hydrogen-bond donors (Lipinski definition) is 0. The quantitative estimate of drug-likeness (QED) is 0.170. The lowest BCUT2D eigenvalue weighted by Crippen LogP contribution is -1.94. The molecule has 3 nitrogen and oxygen atoms in total. The molecular formula is C47H31N3. The third-order valence-corrected chi connectivity index (χ3v) is 9.39. The molecule has 0 atom stereocenters. The molecule has 234 valence electrons. The first kappa shape index (κ1) is 29.4. The van der Waals surface area contributed by atoms with Gasteiger partial charge in [-0.05, 0) is 115 Å². The van der Waals surface area contributed by atoms with Crippen molar-refractivity contribution in [2.75, 3.05) is 0 Å². The standard InChI is InChI=1S/C47H31N3/c1-2-17-40-36(12-1)29-43(42-19-6-5-18-41(40)42)35-14-11-13-34(28-35)39-16-4-3-15-38(39)33-24-22-32(23-25-33)37-30-46(44-20-7-9-26-48-44)50-47(31-37)45-21-8-10-27-49-45/h1-31H. The number of aromatic nitrogens is 3. The van der Waals surface area contributed by atoms with Crippen molar-refractivity contribution in [1.29, 1.82) is 0 Å². The minimum absolute atomic E-state index is 0.817. The van der Waals surface area contributed by atoms with Gasteiger partial charge in [0.15, 0.2) is 0 Å². The average Bonchev–Trinajstić information content (AvgIpc) is 3.21. The van der Waals surface area contributed by atoms with Crippen LogP contribution in [-0.2, 0) is 0 Å². The van der Waals surface area contributed by atoms with Gasteiger partial charge < -0.3 is 0 Å². The molecule has 9 rings (SSSR count). The summed E-state index contributed by atoms with van der Waals surface area (Å²) in [6.07, 6.45) is 3.60. The van der Waals surface area contributed by atoms with Crippen molar-refractivity contribution < 1.29 is 0 Å². The van der Waals surface area contributed by atoms with E-state index in [-0.39, 0.29) is 0 Å². The van der Waals surface area contributed by atoms with E-state index in [9.17, 15) is 0 Å². The lowest BCUT2D eigenvalue weighted by atomic mass is 9.89. The Bertz CT molecular complexity index is 2570. The Morgan fingerprint density at radius 3 is 1.48 bits per heavy atom. The topological polar surface area (TPSA) is 38.7 Å². The van der Waals surface area contributed by atoms with Crippen molar-refractivity contribution in [3.05, 3.63) is 188 Å². The smallest absolute Gasteiger partial charge is 0.0900 e. The molecule has 9 aromatic rings. The minimum atomic E-state index is 0.817. The van der Waals surface area contributed by atoms with Gasteiger partial charge in [0.2, 0.25) is 0 Å². The number of nitrogens with zero attached hydrogens (tertiary/aromatic N) is 3. The van der Waals surface area contributed by atoms with Crippen molar-refractivity contribution in [2.45, 2.75) is 0 Å². The van der Waals surface area contributed by atoms with Crippen LogP contribution in [0, 0.1) is 0 Å². The second-order valence-electron chi connectivity index (χ2n) is 12.5. The van der Waals surface area contributed by atoms with Crippen LogP contribution in [0.15, 0.2) is 188 Å². The van der Waals surface area contributed by atoms with Crippen LogP contribution in [0.4, 0.5) is 0 Å². The second-order valence-corrected chi connectivity index (χ2v) is 12.5. The number of hydrogen-bond acceptors (Lipinski definition) is 3. The van der Waals surface area contributed by atoms with Gasteiger partial charge in [0, 0.05) is 12.4 Å². The first-order valence-corrected chi connectivity index (χ1v) is 16.8. The highest BCUT2D eigenvalue weighted by Gasteiger charge is 2.14. The van der Waals surface area contributed by atoms with E-state index in [0.717, 1.165) is 39.5 Å². The predicted molar refractivity (Wildman–Crippen MR) is 207 cm³/mol. The van der Waals surface area contributed by atoms with Crippen LogP contribution in [0.25, 0.3) is 88.8 Å². The zero-order valence-corrected chi connectivity index (χ0v) is 27.2. The predicted octanol–water partition coefficient (Wildman–Crippen LogP) is 12.2. The first-order chi connectivity index (χ1) is 24.8. The molecule has 0 N–H and O–H groups in total. The summed E-state index contributed by atoms with van der Waals surface area (Å²) in [5, 5.41) is 5.07. The molecule has 0 aliphatic heterocycles. The van der Waals surface area contributed by atoms with Crippen LogP contribution >= 0.6 is 0 Å². The van der Waals surface area contributed by atoms with E-state index in [2.05, 4.69) is 149 Å². The van der Waals surface area contributed by atoms with Crippen molar-refractivity contribution in [3.8, 4) is 67.3 Å². The Morgan fingerprint density at radius 2 is 0.820 bits per heavy atom. The van der Waals surface area contributed by atoms with Crippen molar-refractivity contribution >= 4 is 21.5 Å². The van der Waals surface area contributed by atoms with Gasteiger partial charge in [-0.25, -0.2) is 4.98 Å². The highest BCUT2D eigenvalue weighted by molar-refractivity contribution is 6.13. The molecule has 0 amide bonds. The molecule has 0 unspecified atom stereocenters. The first-order valence-electron chi connectivity index (χ1n) is 16.8. The summed E-state index contributed by atoms with van der Waals surface area (Å²) in [7, 11) is 0. The molecule has 3 aromatic heterocycles. The summed E-state index contributed by atoms with van der Waals surface area (Å²) in [5.74, 6) is 0. The number of fused-ring (bicyclic) bond motifs is 3. The number of pyridine rings is 3. The van der Waals surface area contributed by atoms with E-state index in [0.29, 0.717) is 0 Å². The monoisotopic (exact) mass is 637 g/mol. The molecular weight excluding hydrogens is 607 g/mol. The summed E-state index contributed by atoms with van der Waals surface area (Å²) in [6.45, 7) is 0.